The van der Waals surface area contributed by atoms with Crippen LogP contribution in [0.25, 0.3) is 0 Å². The smallest absolute Gasteiger partial charge is 0.219 e. The van der Waals surface area contributed by atoms with Crippen molar-refractivity contribution in [1.29, 1.82) is 0 Å². The second-order valence-corrected chi connectivity index (χ2v) is 5.36. The highest BCUT2D eigenvalue weighted by atomic mass is 127. The number of nitrogens with two attached hydrogens (primary N) is 1. The quantitative estimate of drug-likeness (QED) is 0.412. The number of hydrogen-bond donors (Lipinski definition) is 2. The zero-order valence-electron chi connectivity index (χ0n) is 13.5. The third-order valence-electron chi connectivity index (χ3n) is 3.71. The number of hydrogen-bond acceptors (Lipinski definition) is 3. The lowest BCUT2D eigenvalue weighted by Crippen LogP contribution is -2.48. The molecule has 3 N–H and O–H groups in total. The lowest BCUT2D eigenvalue weighted by atomic mass is 10.3. The molecule has 1 fully saturated rings. The molecule has 0 spiro atoms. The number of amides is 1. The standard InChI is InChI=1S/C15H21F2N5O.HI/c1-11(23)22-8-6-21(7-9-22)5-4-19-15(18)20-14-10-12(16)2-3-13(14)17;/h2-3,10H,4-9H2,1H3,(H3,18,19,20);1H. The molecule has 0 bridgehead atoms. The van der Waals surface area contributed by atoms with Crippen LogP contribution in [-0.4, -0.2) is 60.9 Å². The summed E-state index contributed by atoms with van der Waals surface area (Å²) < 4.78 is 26.5. The summed E-state index contributed by atoms with van der Waals surface area (Å²) in [6, 6.07) is 3.09. The summed E-state index contributed by atoms with van der Waals surface area (Å²) in [4.78, 5) is 19.3. The number of nitrogens with one attached hydrogen (secondary N) is 1. The first kappa shape index (κ1) is 20.6. The van der Waals surface area contributed by atoms with Gasteiger partial charge in [0.15, 0.2) is 5.96 Å². The van der Waals surface area contributed by atoms with Crippen molar-refractivity contribution in [2.45, 2.75) is 6.92 Å². The molecule has 1 amide bonds. The van der Waals surface area contributed by atoms with Gasteiger partial charge in [0.2, 0.25) is 5.91 Å². The number of nitrogens with zero attached hydrogens (tertiary/aromatic N) is 3. The average molecular weight is 453 g/mol. The second kappa shape index (κ2) is 9.72. The first-order valence-corrected chi connectivity index (χ1v) is 7.45. The number of guanidine groups is 1. The van der Waals surface area contributed by atoms with E-state index < -0.39 is 11.6 Å². The third-order valence-corrected chi connectivity index (χ3v) is 3.71. The van der Waals surface area contributed by atoms with Crippen LogP contribution >= 0.6 is 24.0 Å². The van der Waals surface area contributed by atoms with E-state index in [-0.39, 0.29) is 41.5 Å². The number of halogens is 3. The van der Waals surface area contributed by atoms with Gasteiger partial charge in [0.05, 0.1) is 12.2 Å². The van der Waals surface area contributed by atoms with Crippen molar-refractivity contribution in [2.24, 2.45) is 10.7 Å². The molecule has 6 nitrogen and oxygen atoms in total. The molecule has 1 aliphatic rings. The fourth-order valence-electron chi connectivity index (χ4n) is 2.37. The van der Waals surface area contributed by atoms with Gasteiger partial charge in [-0.25, -0.2) is 8.78 Å². The molecule has 1 aliphatic heterocycles. The topological polar surface area (TPSA) is 74.0 Å². The summed E-state index contributed by atoms with van der Waals surface area (Å²) in [5, 5.41) is 2.55. The highest BCUT2D eigenvalue weighted by molar-refractivity contribution is 14.0. The van der Waals surface area contributed by atoms with Gasteiger partial charge in [0, 0.05) is 45.7 Å². The highest BCUT2D eigenvalue weighted by Gasteiger charge is 2.17. The molecule has 9 heteroatoms. The summed E-state index contributed by atoms with van der Waals surface area (Å²) in [7, 11) is 0. The Morgan fingerprint density at radius 3 is 2.58 bits per heavy atom. The Hall–Kier alpha value is -1.49. The van der Waals surface area contributed by atoms with Crippen LogP contribution in [-0.2, 0) is 4.79 Å². The van der Waals surface area contributed by atoms with Crippen molar-refractivity contribution in [1.82, 2.24) is 9.80 Å². The van der Waals surface area contributed by atoms with E-state index in [9.17, 15) is 13.6 Å². The summed E-state index contributed by atoms with van der Waals surface area (Å²) in [6.45, 7) is 5.71. The van der Waals surface area contributed by atoms with Crippen LogP contribution in [0, 0.1) is 11.6 Å². The third kappa shape index (κ3) is 6.19. The number of piperazine rings is 1. The first-order chi connectivity index (χ1) is 11.0. The Bertz CT molecular complexity index is 591. The van der Waals surface area contributed by atoms with E-state index in [0.717, 1.165) is 31.3 Å². The molecule has 0 saturated carbocycles. The number of carbonyl (C=O) groups is 1. The van der Waals surface area contributed by atoms with E-state index >= 15 is 0 Å². The second-order valence-electron chi connectivity index (χ2n) is 5.36. The minimum absolute atomic E-state index is 0. The Morgan fingerprint density at radius 2 is 1.96 bits per heavy atom. The molecule has 134 valence electrons. The molecule has 24 heavy (non-hydrogen) atoms. The van der Waals surface area contributed by atoms with E-state index in [1.54, 1.807) is 6.92 Å². The van der Waals surface area contributed by atoms with Crippen molar-refractivity contribution < 1.29 is 13.6 Å². The first-order valence-electron chi connectivity index (χ1n) is 7.45. The SMILES string of the molecule is CC(=O)N1CCN(CCN=C(N)Nc2cc(F)ccc2F)CC1.I. The van der Waals surface area contributed by atoms with E-state index in [4.69, 9.17) is 5.73 Å². The van der Waals surface area contributed by atoms with Crippen LogP contribution in [0.2, 0.25) is 0 Å². The molecular formula is C15H22F2IN5O. The van der Waals surface area contributed by atoms with Crippen LogP contribution < -0.4 is 11.1 Å². The lowest BCUT2D eigenvalue weighted by molar-refractivity contribution is -0.130. The molecule has 0 radical (unpaired) electrons. The predicted molar refractivity (Wildman–Crippen MR) is 101 cm³/mol. The molecule has 2 rings (SSSR count). The van der Waals surface area contributed by atoms with Crippen LogP contribution in [0.1, 0.15) is 6.92 Å². The minimum atomic E-state index is -0.593. The summed E-state index contributed by atoms with van der Waals surface area (Å²) in [6.07, 6.45) is 0. The highest BCUT2D eigenvalue weighted by Crippen LogP contribution is 2.14. The largest absolute Gasteiger partial charge is 0.370 e. The number of benzene rings is 1. The molecule has 0 aromatic heterocycles. The molecule has 0 aliphatic carbocycles. The van der Waals surface area contributed by atoms with Crippen molar-refractivity contribution >= 4 is 41.5 Å². The van der Waals surface area contributed by atoms with Gasteiger partial charge >= 0.3 is 0 Å². The molecular weight excluding hydrogens is 431 g/mol. The van der Waals surface area contributed by atoms with E-state index in [2.05, 4.69) is 15.2 Å². The van der Waals surface area contributed by atoms with Crippen molar-refractivity contribution in [2.75, 3.05) is 44.6 Å². The van der Waals surface area contributed by atoms with Gasteiger partial charge < -0.3 is 16.0 Å². The fourth-order valence-corrected chi connectivity index (χ4v) is 2.37. The maximum absolute atomic E-state index is 13.5. The van der Waals surface area contributed by atoms with Crippen molar-refractivity contribution in [3.05, 3.63) is 29.8 Å². The normalized spacial score (nSPS) is 15.8. The number of aliphatic imine (C=N–C) groups is 1. The van der Waals surface area contributed by atoms with Crippen molar-refractivity contribution in [3.63, 3.8) is 0 Å². The van der Waals surface area contributed by atoms with Gasteiger partial charge in [-0.3, -0.25) is 14.7 Å². The number of carbonyl (C=O) groups excluding carboxylic acids is 1. The fraction of sp³-hybridized carbons (Fsp3) is 0.467. The zero-order chi connectivity index (χ0) is 16.8. The lowest BCUT2D eigenvalue weighted by Gasteiger charge is -2.33. The van der Waals surface area contributed by atoms with Gasteiger partial charge in [-0.05, 0) is 12.1 Å². The molecule has 0 unspecified atom stereocenters. The van der Waals surface area contributed by atoms with Gasteiger partial charge in [-0.1, -0.05) is 0 Å². The average Bonchev–Trinajstić information content (AvgIpc) is 2.51. The molecule has 0 atom stereocenters. The van der Waals surface area contributed by atoms with Crippen molar-refractivity contribution in [3.8, 4) is 0 Å². The van der Waals surface area contributed by atoms with Crippen LogP contribution in [0.3, 0.4) is 0 Å². The van der Waals surface area contributed by atoms with E-state index in [1.165, 1.54) is 0 Å². The Balaban J connectivity index is 0.00000288. The molecule has 1 aromatic carbocycles. The number of anilines is 1. The monoisotopic (exact) mass is 453 g/mol. The van der Waals surface area contributed by atoms with Gasteiger partial charge in [0.25, 0.3) is 0 Å². The maximum atomic E-state index is 13.5. The predicted octanol–water partition coefficient (Wildman–Crippen LogP) is 1.47. The summed E-state index contributed by atoms with van der Waals surface area (Å²) >= 11 is 0. The Labute approximate surface area is 157 Å². The molecule has 1 heterocycles. The van der Waals surface area contributed by atoms with E-state index in [1.807, 2.05) is 4.90 Å². The van der Waals surface area contributed by atoms with Crippen LogP contribution in [0.4, 0.5) is 14.5 Å². The summed E-state index contributed by atoms with van der Waals surface area (Å²) in [5.74, 6) is -1.01. The zero-order valence-corrected chi connectivity index (χ0v) is 15.8. The maximum Gasteiger partial charge on any atom is 0.219 e. The van der Waals surface area contributed by atoms with Gasteiger partial charge in [-0.15, -0.1) is 24.0 Å². The number of rotatable bonds is 4. The van der Waals surface area contributed by atoms with E-state index in [0.29, 0.717) is 26.2 Å². The van der Waals surface area contributed by atoms with Crippen LogP contribution in [0.15, 0.2) is 23.2 Å². The van der Waals surface area contributed by atoms with Gasteiger partial charge in [-0.2, -0.15) is 0 Å². The summed E-state index contributed by atoms with van der Waals surface area (Å²) in [5.41, 5.74) is 5.64. The Kier molecular flexibility index (Phi) is 8.32. The van der Waals surface area contributed by atoms with Crippen LogP contribution in [0.5, 0.6) is 0 Å². The van der Waals surface area contributed by atoms with Gasteiger partial charge in [0.1, 0.15) is 11.6 Å². The minimum Gasteiger partial charge on any atom is -0.370 e. The molecule has 1 aromatic rings. The molecule has 1 saturated heterocycles. The Morgan fingerprint density at radius 1 is 1.29 bits per heavy atom.